The highest BCUT2D eigenvalue weighted by molar-refractivity contribution is 5.83. The first-order valence-corrected chi connectivity index (χ1v) is 5.28. The summed E-state index contributed by atoms with van der Waals surface area (Å²) in [7, 11) is 0. The van der Waals surface area contributed by atoms with Crippen LogP contribution < -0.4 is 5.32 Å². The number of amides is 1. The van der Waals surface area contributed by atoms with Crippen molar-refractivity contribution in [1.82, 2.24) is 5.32 Å². The highest BCUT2D eigenvalue weighted by atomic mass is 16.6. The van der Waals surface area contributed by atoms with Crippen LogP contribution in [0.4, 0.5) is 0 Å². The van der Waals surface area contributed by atoms with Crippen LogP contribution in [-0.4, -0.2) is 24.7 Å². The summed E-state index contributed by atoms with van der Waals surface area (Å²) in [6.07, 6.45) is 5.29. The van der Waals surface area contributed by atoms with Crippen molar-refractivity contribution in [2.24, 2.45) is 11.8 Å². The lowest BCUT2D eigenvalue weighted by atomic mass is 10.2. The van der Waals surface area contributed by atoms with Crippen molar-refractivity contribution in [3.05, 3.63) is 0 Å². The minimum atomic E-state index is -0.0914. The van der Waals surface area contributed by atoms with Crippen molar-refractivity contribution in [1.29, 1.82) is 0 Å². The van der Waals surface area contributed by atoms with Crippen LogP contribution in [0, 0.1) is 11.8 Å². The Bertz CT molecular complexity index is 233. The van der Waals surface area contributed by atoms with Crippen LogP contribution in [0.1, 0.15) is 25.7 Å². The van der Waals surface area contributed by atoms with Crippen molar-refractivity contribution >= 4 is 5.91 Å². The third-order valence-electron chi connectivity index (χ3n) is 3.13. The molecule has 1 N–H and O–H groups in total. The Kier molecular flexibility index (Phi) is 1.62. The summed E-state index contributed by atoms with van der Waals surface area (Å²) in [6, 6.07) is 0. The van der Waals surface area contributed by atoms with E-state index in [1.165, 1.54) is 25.7 Å². The third kappa shape index (κ3) is 1.70. The number of carbonyl (C=O) groups is 1. The number of epoxide rings is 1. The lowest BCUT2D eigenvalue weighted by Crippen LogP contribution is -2.30. The first kappa shape index (κ1) is 7.80. The molecular weight excluding hydrogens is 166 g/mol. The predicted octanol–water partition coefficient (Wildman–Crippen LogP) is 0.690. The molecule has 3 aliphatic rings. The predicted molar refractivity (Wildman–Crippen MR) is 47.1 cm³/mol. The van der Waals surface area contributed by atoms with E-state index in [0.29, 0.717) is 5.92 Å². The number of hydrogen-bond acceptors (Lipinski definition) is 2. The number of nitrogens with one attached hydrogen (secondary N) is 1. The molecule has 1 heterocycles. The Morgan fingerprint density at radius 1 is 1.31 bits per heavy atom. The fourth-order valence-corrected chi connectivity index (χ4v) is 1.79. The quantitative estimate of drug-likeness (QED) is 0.648. The zero-order valence-corrected chi connectivity index (χ0v) is 7.66. The SMILES string of the molecule is O=C(NCC1CC1)C1OC1C1CC1. The number of carbonyl (C=O) groups excluding carboxylic acids is 1. The van der Waals surface area contributed by atoms with Crippen LogP contribution in [-0.2, 0) is 9.53 Å². The number of hydrogen-bond donors (Lipinski definition) is 1. The van der Waals surface area contributed by atoms with Crippen molar-refractivity contribution < 1.29 is 9.53 Å². The van der Waals surface area contributed by atoms with Gasteiger partial charge in [-0.25, -0.2) is 0 Å². The zero-order chi connectivity index (χ0) is 8.84. The zero-order valence-electron chi connectivity index (χ0n) is 7.66. The van der Waals surface area contributed by atoms with E-state index >= 15 is 0 Å². The summed E-state index contributed by atoms with van der Waals surface area (Å²) in [5.41, 5.74) is 0. The molecule has 0 aromatic rings. The second-order valence-electron chi connectivity index (χ2n) is 4.55. The van der Waals surface area contributed by atoms with Crippen molar-refractivity contribution in [2.45, 2.75) is 37.9 Å². The Hall–Kier alpha value is -0.570. The second kappa shape index (κ2) is 2.71. The molecule has 2 aliphatic carbocycles. The van der Waals surface area contributed by atoms with Gasteiger partial charge in [0, 0.05) is 6.54 Å². The van der Waals surface area contributed by atoms with E-state index < -0.39 is 0 Å². The third-order valence-corrected chi connectivity index (χ3v) is 3.13. The molecule has 1 saturated heterocycles. The molecule has 0 aromatic heterocycles. The maximum atomic E-state index is 11.4. The van der Waals surface area contributed by atoms with E-state index in [2.05, 4.69) is 5.32 Å². The highest BCUT2D eigenvalue weighted by Gasteiger charge is 2.53. The first-order valence-electron chi connectivity index (χ1n) is 5.28. The summed E-state index contributed by atoms with van der Waals surface area (Å²) >= 11 is 0. The minimum Gasteiger partial charge on any atom is -0.359 e. The molecule has 13 heavy (non-hydrogen) atoms. The van der Waals surface area contributed by atoms with Crippen LogP contribution in [0.25, 0.3) is 0 Å². The molecule has 0 radical (unpaired) electrons. The first-order chi connectivity index (χ1) is 6.34. The van der Waals surface area contributed by atoms with Crippen molar-refractivity contribution in [3.63, 3.8) is 0 Å². The number of rotatable bonds is 4. The molecule has 2 saturated carbocycles. The van der Waals surface area contributed by atoms with E-state index in [1.807, 2.05) is 0 Å². The Labute approximate surface area is 77.8 Å². The smallest absolute Gasteiger partial charge is 0.251 e. The Balaban J connectivity index is 1.41. The van der Waals surface area contributed by atoms with Crippen molar-refractivity contribution in [3.8, 4) is 0 Å². The minimum absolute atomic E-state index is 0.0914. The van der Waals surface area contributed by atoms with E-state index in [0.717, 1.165) is 12.5 Å². The second-order valence-corrected chi connectivity index (χ2v) is 4.55. The molecule has 3 nitrogen and oxygen atoms in total. The summed E-state index contributed by atoms with van der Waals surface area (Å²) in [6.45, 7) is 0.871. The van der Waals surface area contributed by atoms with Gasteiger partial charge in [0.05, 0.1) is 6.10 Å². The fourth-order valence-electron chi connectivity index (χ4n) is 1.79. The van der Waals surface area contributed by atoms with E-state index in [9.17, 15) is 4.79 Å². The van der Waals surface area contributed by atoms with Gasteiger partial charge in [-0.05, 0) is 37.5 Å². The largest absolute Gasteiger partial charge is 0.359 e. The molecular formula is C10H15NO2. The molecule has 3 heteroatoms. The molecule has 1 amide bonds. The van der Waals surface area contributed by atoms with E-state index in [-0.39, 0.29) is 18.1 Å². The standard InChI is InChI=1S/C10H15NO2/c12-10(11-5-6-1-2-6)9-8(13-9)7-3-4-7/h6-9H,1-5H2,(H,11,12). The summed E-state index contributed by atoms with van der Waals surface area (Å²) < 4.78 is 5.34. The van der Waals surface area contributed by atoms with Gasteiger partial charge in [-0.3, -0.25) is 4.79 Å². The van der Waals surface area contributed by atoms with Gasteiger partial charge in [-0.15, -0.1) is 0 Å². The highest BCUT2D eigenvalue weighted by Crippen LogP contribution is 2.44. The molecule has 3 fully saturated rings. The molecule has 3 rings (SSSR count). The molecule has 0 aromatic carbocycles. The summed E-state index contributed by atoms with van der Waals surface area (Å²) in [5.74, 6) is 1.60. The van der Waals surface area contributed by atoms with Crippen LogP contribution >= 0.6 is 0 Å². The van der Waals surface area contributed by atoms with Gasteiger partial charge in [0.25, 0.3) is 5.91 Å². The van der Waals surface area contributed by atoms with Gasteiger partial charge >= 0.3 is 0 Å². The lowest BCUT2D eigenvalue weighted by Gasteiger charge is -1.99. The molecule has 0 spiro atoms. The average Bonchev–Trinajstić information content (AvgIpc) is 3.03. The van der Waals surface area contributed by atoms with Crippen molar-refractivity contribution in [2.75, 3.05) is 6.54 Å². The molecule has 1 aliphatic heterocycles. The Morgan fingerprint density at radius 3 is 2.69 bits per heavy atom. The van der Waals surface area contributed by atoms with Crippen LogP contribution in [0.2, 0.25) is 0 Å². The van der Waals surface area contributed by atoms with Gasteiger partial charge in [-0.1, -0.05) is 0 Å². The average molecular weight is 181 g/mol. The lowest BCUT2D eigenvalue weighted by molar-refractivity contribution is -0.122. The van der Waals surface area contributed by atoms with Crippen LogP contribution in [0.15, 0.2) is 0 Å². The maximum absolute atomic E-state index is 11.4. The summed E-state index contributed by atoms with van der Waals surface area (Å²) in [4.78, 5) is 11.4. The van der Waals surface area contributed by atoms with Gasteiger partial charge in [0.15, 0.2) is 6.10 Å². The normalized spacial score (nSPS) is 37.2. The van der Waals surface area contributed by atoms with Gasteiger partial charge in [-0.2, -0.15) is 0 Å². The molecule has 2 atom stereocenters. The number of ether oxygens (including phenoxy) is 1. The maximum Gasteiger partial charge on any atom is 0.251 e. The molecule has 2 unspecified atom stereocenters. The summed E-state index contributed by atoms with van der Waals surface area (Å²) in [5, 5.41) is 2.96. The van der Waals surface area contributed by atoms with E-state index in [1.54, 1.807) is 0 Å². The van der Waals surface area contributed by atoms with Gasteiger partial charge in [0.1, 0.15) is 0 Å². The fraction of sp³-hybridized carbons (Fsp3) is 0.900. The van der Waals surface area contributed by atoms with Crippen LogP contribution in [0.5, 0.6) is 0 Å². The molecule has 0 bridgehead atoms. The van der Waals surface area contributed by atoms with Gasteiger partial charge in [0.2, 0.25) is 0 Å². The van der Waals surface area contributed by atoms with E-state index in [4.69, 9.17) is 4.74 Å². The molecule has 72 valence electrons. The van der Waals surface area contributed by atoms with Gasteiger partial charge < -0.3 is 10.1 Å². The van der Waals surface area contributed by atoms with Crippen LogP contribution in [0.3, 0.4) is 0 Å². The monoisotopic (exact) mass is 181 g/mol. The topological polar surface area (TPSA) is 41.6 Å². The Morgan fingerprint density at radius 2 is 2.08 bits per heavy atom.